The first-order valence-corrected chi connectivity index (χ1v) is 6.81. The van der Waals surface area contributed by atoms with Gasteiger partial charge in [0.05, 0.1) is 0 Å². The second kappa shape index (κ2) is 10.0. The van der Waals surface area contributed by atoms with Gasteiger partial charge in [-0.3, -0.25) is 0 Å². The number of nitrogens with two attached hydrogens (primary N) is 1. The molecule has 0 spiro atoms. The predicted molar refractivity (Wildman–Crippen MR) is 71.8 cm³/mol. The van der Waals surface area contributed by atoms with E-state index in [9.17, 15) is 0 Å². The number of hydrogen-bond acceptors (Lipinski definition) is 2. The zero-order valence-corrected chi connectivity index (χ0v) is 14.9. The van der Waals surface area contributed by atoms with Crippen molar-refractivity contribution < 1.29 is 19.5 Å². The average Bonchev–Trinajstić information content (AvgIpc) is 2.16. The third kappa shape index (κ3) is 7.71. The maximum absolute atomic E-state index is 5.63. The van der Waals surface area contributed by atoms with Gasteiger partial charge in [-0.05, 0) is 19.3 Å². The second-order valence-electron chi connectivity index (χ2n) is 3.77. The fourth-order valence-corrected chi connectivity index (χ4v) is 3.20. The molecule has 0 aromatic heterocycles. The quantitative estimate of drug-likeness (QED) is 0.435. The SMILES string of the molecule is CCCCCC(CC)(CC)SC(N)=S.[Zn]. The molecule has 0 aliphatic carbocycles. The molecule has 0 aliphatic rings. The normalized spacial score (nSPS) is 10.9. The van der Waals surface area contributed by atoms with E-state index in [-0.39, 0.29) is 19.5 Å². The Morgan fingerprint density at radius 3 is 2.07 bits per heavy atom. The largest absolute Gasteiger partial charge is 0.385 e. The fourth-order valence-electron chi connectivity index (χ4n) is 1.71. The standard InChI is InChI=1S/C11H23NS2.Zn/c1-4-7-8-9-11(5-2,6-3)14-10(12)13;/h4-9H2,1-3H3,(H2,12,13);. The van der Waals surface area contributed by atoms with E-state index in [1.807, 2.05) is 0 Å². The van der Waals surface area contributed by atoms with Crippen molar-refractivity contribution in [2.24, 2.45) is 5.73 Å². The van der Waals surface area contributed by atoms with Crippen LogP contribution in [0.4, 0.5) is 0 Å². The molecule has 0 aliphatic heterocycles. The van der Waals surface area contributed by atoms with Gasteiger partial charge in [-0.2, -0.15) is 0 Å². The summed E-state index contributed by atoms with van der Waals surface area (Å²) in [6, 6.07) is 0. The van der Waals surface area contributed by atoms with E-state index in [0.717, 1.165) is 12.8 Å². The Balaban J connectivity index is 0. The number of hydrogen-bond donors (Lipinski definition) is 1. The van der Waals surface area contributed by atoms with Crippen LogP contribution >= 0.6 is 24.0 Å². The van der Waals surface area contributed by atoms with E-state index < -0.39 is 0 Å². The van der Waals surface area contributed by atoms with Crippen molar-refractivity contribution in [3.63, 3.8) is 0 Å². The molecule has 0 amide bonds. The maximum atomic E-state index is 5.63. The maximum Gasteiger partial charge on any atom is 0.131 e. The molecule has 0 bridgehead atoms. The predicted octanol–water partition coefficient (Wildman–Crippen LogP) is 4.10. The van der Waals surface area contributed by atoms with Gasteiger partial charge < -0.3 is 5.73 Å². The van der Waals surface area contributed by atoms with E-state index >= 15 is 0 Å². The van der Waals surface area contributed by atoms with Gasteiger partial charge >= 0.3 is 0 Å². The average molecular weight is 299 g/mol. The molecule has 0 rings (SSSR count). The van der Waals surface area contributed by atoms with Crippen LogP contribution in [0.25, 0.3) is 0 Å². The number of rotatable bonds is 7. The Kier molecular flexibility index (Phi) is 12.2. The van der Waals surface area contributed by atoms with Crippen LogP contribution in [0.15, 0.2) is 0 Å². The molecule has 86 valence electrons. The van der Waals surface area contributed by atoms with Crippen molar-refractivity contribution in [1.29, 1.82) is 0 Å². The Bertz CT molecular complexity index is 170. The van der Waals surface area contributed by atoms with Gasteiger partial charge in [-0.25, -0.2) is 0 Å². The molecule has 0 radical (unpaired) electrons. The monoisotopic (exact) mass is 297 g/mol. The molecular weight excluding hydrogens is 276 g/mol. The van der Waals surface area contributed by atoms with Crippen molar-refractivity contribution in [2.45, 2.75) is 64.0 Å². The molecule has 0 fully saturated rings. The number of thioether (sulfide) groups is 1. The zero-order valence-electron chi connectivity index (χ0n) is 10.3. The van der Waals surface area contributed by atoms with Crippen LogP contribution in [0.1, 0.15) is 59.3 Å². The van der Waals surface area contributed by atoms with Crippen molar-refractivity contribution in [1.82, 2.24) is 0 Å². The molecule has 4 heteroatoms. The number of thiocarbonyl (C=S) groups is 1. The summed E-state index contributed by atoms with van der Waals surface area (Å²) in [5.74, 6) is 0. The van der Waals surface area contributed by atoms with Gasteiger partial charge in [0.15, 0.2) is 0 Å². The first-order valence-electron chi connectivity index (χ1n) is 5.58. The summed E-state index contributed by atoms with van der Waals surface area (Å²) in [7, 11) is 0. The first-order chi connectivity index (χ1) is 6.60. The van der Waals surface area contributed by atoms with Gasteiger partial charge in [0.2, 0.25) is 0 Å². The Hall–Kier alpha value is 0.863. The molecule has 0 unspecified atom stereocenters. The third-order valence-electron chi connectivity index (χ3n) is 2.84. The molecule has 0 saturated heterocycles. The topological polar surface area (TPSA) is 26.0 Å². The van der Waals surface area contributed by atoms with E-state index in [0.29, 0.717) is 9.07 Å². The van der Waals surface area contributed by atoms with E-state index in [1.54, 1.807) is 11.8 Å². The van der Waals surface area contributed by atoms with Crippen LogP contribution in [0.5, 0.6) is 0 Å². The summed E-state index contributed by atoms with van der Waals surface area (Å²) in [5.41, 5.74) is 5.63. The molecule has 15 heavy (non-hydrogen) atoms. The van der Waals surface area contributed by atoms with Crippen molar-refractivity contribution in [3.8, 4) is 0 Å². The van der Waals surface area contributed by atoms with Crippen molar-refractivity contribution >= 4 is 28.3 Å². The molecule has 0 aromatic rings. The summed E-state index contributed by atoms with van der Waals surface area (Å²) < 4.78 is 0.909. The van der Waals surface area contributed by atoms with Crippen molar-refractivity contribution in [3.05, 3.63) is 0 Å². The molecule has 0 aromatic carbocycles. The van der Waals surface area contributed by atoms with Gasteiger partial charge in [-0.15, -0.1) is 0 Å². The van der Waals surface area contributed by atoms with Crippen LogP contribution in [0.2, 0.25) is 0 Å². The van der Waals surface area contributed by atoms with Gasteiger partial charge in [0.1, 0.15) is 4.32 Å². The zero-order chi connectivity index (χ0) is 11.0. The van der Waals surface area contributed by atoms with Gasteiger partial charge in [0, 0.05) is 24.2 Å². The third-order valence-corrected chi connectivity index (χ3v) is 4.51. The van der Waals surface area contributed by atoms with E-state index in [1.165, 1.54) is 25.7 Å². The van der Waals surface area contributed by atoms with Crippen LogP contribution in [0.3, 0.4) is 0 Å². The minimum atomic E-state index is 0. The van der Waals surface area contributed by atoms with Gasteiger partial charge in [-0.1, -0.05) is 64.0 Å². The summed E-state index contributed by atoms with van der Waals surface area (Å²) >= 11 is 6.70. The van der Waals surface area contributed by atoms with E-state index in [4.69, 9.17) is 18.0 Å². The Labute approximate surface area is 117 Å². The second-order valence-corrected chi connectivity index (χ2v) is 5.98. The Morgan fingerprint density at radius 2 is 1.73 bits per heavy atom. The molecule has 0 saturated carbocycles. The molecule has 0 heterocycles. The smallest absolute Gasteiger partial charge is 0.131 e. The minimum Gasteiger partial charge on any atom is -0.385 e. The van der Waals surface area contributed by atoms with Gasteiger partial charge in [0.25, 0.3) is 0 Å². The summed E-state index contributed by atoms with van der Waals surface area (Å²) in [6.45, 7) is 6.71. The summed E-state index contributed by atoms with van der Waals surface area (Å²) in [6.07, 6.45) is 7.47. The van der Waals surface area contributed by atoms with E-state index in [2.05, 4.69) is 20.8 Å². The molecular formula is C11H23NS2Zn. The minimum absolute atomic E-state index is 0. The molecule has 0 atom stereocenters. The Morgan fingerprint density at radius 1 is 1.20 bits per heavy atom. The summed E-state index contributed by atoms with van der Waals surface area (Å²) in [5, 5.41) is 0. The van der Waals surface area contributed by atoms with Crippen LogP contribution < -0.4 is 5.73 Å². The summed E-state index contributed by atoms with van der Waals surface area (Å²) in [4.78, 5) is 0. The van der Waals surface area contributed by atoms with Crippen LogP contribution in [0, 0.1) is 0 Å². The fraction of sp³-hybridized carbons (Fsp3) is 0.909. The molecule has 1 nitrogen and oxygen atoms in total. The number of unbranched alkanes of at least 4 members (excludes halogenated alkanes) is 2. The van der Waals surface area contributed by atoms with Crippen LogP contribution in [-0.4, -0.2) is 9.07 Å². The molecule has 2 N–H and O–H groups in total. The van der Waals surface area contributed by atoms with Crippen molar-refractivity contribution in [2.75, 3.05) is 0 Å². The first kappa shape index (κ1) is 18.2. The van der Waals surface area contributed by atoms with Crippen LogP contribution in [-0.2, 0) is 19.5 Å².